The molecule has 0 bridgehead atoms. The van der Waals surface area contributed by atoms with Crippen LogP contribution in [0.4, 0.5) is 0 Å². The highest BCUT2D eigenvalue weighted by molar-refractivity contribution is 4.88. The Balaban J connectivity index is 2.22. The highest BCUT2D eigenvalue weighted by Crippen LogP contribution is 2.15. The van der Waals surface area contributed by atoms with Gasteiger partial charge < -0.3 is 10.0 Å². The molecule has 0 spiro atoms. The first kappa shape index (κ1) is 9.50. The van der Waals surface area contributed by atoms with Gasteiger partial charge in [-0.3, -0.25) is 0 Å². The number of rotatable bonds is 3. The minimum absolute atomic E-state index is 0.220. The zero-order valence-corrected chi connectivity index (χ0v) is 7.37. The molecule has 1 N–H and O–H groups in total. The lowest BCUT2D eigenvalue weighted by Gasteiger charge is -2.29. The first-order valence-electron chi connectivity index (χ1n) is 4.59. The molecular formula is C9H16N2O. The Morgan fingerprint density at radius 3 is 3.08 bits per heavy atom. The summed E-state index contributed by atoms with van der Waals surface area (Å²) in [6.45, 7) is 3.19. The van der Waals surface area contributed by atoms with Gasteiger partial charge in [0.05, 0.1) is 12.0 Å². The summed E-state index contributed by atoms with van der Waals surface area (Å²) < 4.78 is 0. The predicted octanol–water partition coefficient (Wildman–Crippen LogP) is 0.604. The van der Waals surface area contributed by atoms with Crippen molar-refractivity contribution in [2.24, 2.45) is 5.92 Å². The highest BCUT2D eigenvalue weighted by Gasteiger charge is 2.18. The number of piperidine rings is 1. The van der Waals surface area contributed by atoms with E-state index in [1.165, 1.54) is 0 Å². The monoisotopic (exact) mass is 168 g/mol. The molecule has 1 rings (SSSR count). The number of likely N-dealkylation sites (tertiary alicyclic amines) is 1. The van der Waals surface area contributed by atoms with Gasteiger partial charge in [0.2, 0.25) is 0 Å². The quantitative estimate of drug-likeness (QED) is 0.671. The minimum Gasteiger partial charge on any atom is -0.396 e. The third-order valence-corrected chi connectivity index (χ3v) is 2.32. The van der Waals surface area contributed by atoms with Crippen LogP contribution >= 0.6 is 0 Å². The molecule has 3 nitrogen and oxygen atoms in total. The average Bonchev–Trinajstić information content (AvgIpc) is 2.15. The summed E-state index contributed by atoms with van der Waals surface area (Å²) in [6, 6.07) is 2.31. The van der Waals surface area contributed by atoms with E-state index in [9.17, 15) is 0 Å². The molecule has 3 heteroatoms. The summed E-state index contributed by atoms with van der Waals surface area (Å²) in [5, 5.41) is 17.3. The summed E-state index contributed by atoms with van der Waals surface area (Å²) >= 11 is 0. The third-order valence-electron chi connectivity index (χ3n) is 2.32. The van der Waals surface area contributed by atoms with Crippen LogP contribution in [0, 0.1) is 17.2 Å². The van der Waals surface area contributed by atoms with Crippen LogP contribution in [0.15, 0.2) is 0 Å². The maximum Gasteiger partial charge on any atom is 0.0669 e. The molecule has 0 radical (unpaired) electrons. The molecule has 1 aliphatic heterocycles. The molecule has 1 unspecified atom stereocenters. The van der Waals surface area contributed by atoms with Gasteiger partial charge in [-0.2, -0.15) is 5.26 Å². The van der Waals surface area contributed by atoms with E-state index in [4.69, 9.17) is 10.4 Å². The van der Waals surface area contributed by atoms with Gasteiger partial charge in [0.25, 0.3) is 0 Å². The summed E-state index contributed by atoms with van der Waals surface area (Å²) in [5.74, 6) is 0.220. The molecular weight excluding hydrogens is 152 g/mol. The van der Waals surface area contributed by atoms with Gasteiger partial charge in [0, 0.05) is 19.7 Å². The number of nitrogens with zero attached hydrogens (tertiary/aromatic N) is 2. The van der Waals surface area contributed by atoms with Crippen molar-refractivity contribution in [3.8, 4) is 6.07 Å². The van der Waals surface area contributed by atoms with E-state index in [2.05, 4.69) is 11.0 Å². The van der Waals surface area contributed by atoms with Gasteiger partial charge in [0.1, 0.15) is 0 Å². The fourth-order valence-electron chi connectivity index (χ4n) is 1.66. The van der Waals surface area contributed by atoms with Gasteiger partial charge in [0.15, 0.2) is 0 Å². The summed E-state index contributed by atoms with van der Waals surface area (Å²) in [7, 11) is 0. The molecule has 0 amide bonds. The summed E-state index contributed by atoms with van der Waals surface area (Å²) in [6.07, 6.45) is 3.01. The SMILES string of the molecule is N#CC1CCCN(CCCO)C1. The lowest BCUT2D eigenvalue weighted by Crippen LogP contribution is -2.35. The molecule has 12 heavy (non-hydrogen) atoms. The van der Waals surface area contributed by atoms with Gasteiger partial charge in [-0.1, -0.05) is 0 Å². The number of aliphatic hydroxyl groups excluding tert-OH is 1. The van der Waals surface area contributed by atoms with Crippen LogP contribution in [0.3, 0.4) is 0 Å². The van der Waals surface area contributed by atoms with Gasteiger partial charge in [-0.25, -0.2) is 0 Å². The molecule has 1 saturated heterocycles. The molecule has 68 valence electrons. The Labute approximate surface area is 73.6 Å². The normalized spacial score (nSPS) is 25.2. The van der Waals surface area contributed by atoms with E-state index in [0.717, 1.165) is 38.9 Å². The second kappa shape index (κ2) is 5.13. The van der Waals surface area contributed by atoms with Crippen LogP contribution in [0.1, 0.15) is 19.3 Å². The fraction of sp³-hybridized carbons (Fsp3) is 0.889. The predicted molar refractivity (Wildman–Crippen MR) is 46.5 cm³/mol. The molecule has 0 saturated carbocycles. The molecule has 1 atom stereocenters. The van der Waals surface area contributed by atoms with Crippen LogP contribution in [0.25, 0.3) is 0 Å². The van der Waals surface area contributed by atoms with E-state index in [1.54, 1.807) is 0 Å². The third kappa shape index (κ3) is 2.80. The van der Waals surface area contributed by atoms with Crippen molar-refractivity contribution in [2.75, 3.05) is 26.2 Å². The van der Waals surface area contributed by atoms with Crippen molar-refractivity contribution in [1.29, 1.82) is 5.26 Å². The van der Waals surface area contributed by atoms with Crippen LogP contribution in [-0.2, 0) is 0 Å². The van der Waals surface area contributed by atoms with Crippen LogP contribution in [0.2, 0.25) is 0 Å². The van der Waals surface area contributed by atoms with Crippen molar-refractivity contribution in [3.63, 3.8) is 0 Å². The van der Waals surface area contributed by atoms with Gasteiger partial charge in [-0.15, -0.1) is 0 Å². The topological polar surface area (TPSA) is 47.3 Å². The van der Waals surface area contributed by atoms with Crippen molar-refractivity contribution in [2.45, 2.75) is 19.3 Å². The zero-order chi connectivity index (χ0) is 8.81. The maximum atomic E-state index is 8.71. The standard InChI is InChI=1S/C9H16N2O/c10-7-9-3-1-4-11(8-9)5-2-6-12/h9,12H,1-6,8H2. The largest absolute Gasteiger partial charge is 0.396 e. The van der Waals surface area contributed by atoms with Crippen molar-refractivity contribution in [3.05, 3.63) is 0 Å². The smallest absolute Gasteiger partial charge is 0.0669 e. The Morgan fingerprint density at radius 1 is 1.58 bits per heavy atom. The molecule has 1 fully saturated rings. The number of hydrogen-bond acceptors (Lipinski definition) is 3. The van der Waals surface area contributed by atoms with E-state index in [-0.39, 0.29) is 12.5 Å². The molecule has 1 aliphatic rings. The van der Waals surface area contributed by atoms with E-state index in [1.807, 2.05) is 0 Å². The summed E-state index contributed by atoms with van der Waals surface area (Å²) in [5.41, 5.74) is 0. The molecule has 0 aliphatic carbocycles. The number of nitriles is 1. The van der Waals surface area contributed by atoms with Crippen LogP contribution < -0.4 is 0 Å². The van der Waals surface area contributed by atoms with Gasteiger partial charge >= 0.3 is 0 Å². The Kier molecular flexibility index (Phi) is 4.06. The van der Waals surface area contributed by atoms with E-state index >= 15 is 0 Å². The number of aliphatic hydroxyl groups is 1. The number of hydrogen-bond donors (Lipinski definition) is 1. The van der Waals surface area contributed by atoms with Crippen molar-refractivity contribution >= 4 is 0 Å². The highest BCUT2D eigenvalue weighted by atomic mass is 16.3. The minimum atomic E-state index is 0.220. The molecule has 0 aromatic carbocycles. The summed E-state index contributed by atoms with van der Waals surface area (Å²) in [4.78, 5) is 2.27. The van der Waals surface area contributed by atoms with Gasteiger partial charge in [-0.05, 0) is 25.8 Å². The van der Waals surface area contributed by atoms with E-state index < -0.39 is 0 Å². The zero-order valence-electron chi connectivity index (χ0n) is 7.37. The second-order valence-electron chi connectivity index (χ2n) is 3.35. The molecule has 0 aromatic rings. The van der Waals surface area contributed by atoms with Crippen LogP contribution in [-0.4, -0.2) is 36.2 Å². The first-order valence-corrected chi connectivity index (χ1v) is 4.59. The Hall–Kier alpha value is -0.590. The first-order chi connectivity index (χ1) is 5.86. The fourth-order valence-corrected chi connectivity index (χ4v) is 1.66. The second-order valence-corrected chi connectivity index (χ2v) is 3.35. The Bertz CT molecular complexity index is 164. The molecule has 1 heterocycles. The van der Waals surface area contributed by atoms with Crippen molar-refractivity contribution < 1.29 is 5.11 Å². The average molecular weight is 168 g/mol. The maximum absolute atomic E-state index is 8.71. The van der Waals surface area contributed by atoms with Crippen LogP contribution in [0.5, 0.6) is 0 Å². The Morgan fingerprint density at radius 2 is 2.42 bits per heavy atom. The lowest BCUT2D eigenvalue weighted by molar-refractivity contribution is 0.178. The van der Waals surface area contributed by atoms with Crippen molar-refractivity contribution in [1.82, 2.24) is 4.90 Å². The van der Waals surface area contributed by atoms with E-state index in [0.29, 0.717) is 0 Å². The molecule has 0 aromatic heterocycles. The lowest BCUT2D eigenvalue weighted by atomic mass is 10.00.